The van der Waals surface area contributed by atoms with Crippen molar-refractivity contribution in [2.24, 2.45) is 0 Å². The average Bonchev–Trinajstić information content (AvgIpc) is 3.15. The van der Waals surface area contributed by atoms with Gasteiger partial charge in [-0.05, 0) is 44.5 Å². The topological polar surface area (TPSA) is 81.7 Å². The van der Waals surface area contributed by atoms with E-state index in [9.17, 15) is 27.2 Å². The summed E-state index contributed by atoms with van der Waals surface area (Å²) in [5, 5.41) is 3.10. The summed E-state index contributed by atoms with van der Waals surface area (Å²) in [5.41, 5.74) is -0.215. The molecule has 2 aromatic rings. The van der Waals surface area contributed by atoms with Crippen molar-refractivity contribution in [1.29, 1.82) is 0 Å². The molecule has 0 bridgehead atoms. The van der Waals surface area contributed by atoms with Crippen LogP contribution >= 0.6 is 0 Å². The fraction of sp³-hybridized carbons (Fsp3) is 0.500. The predicted octanol–water partition coefficient (Wildman–Crippen LogP) is 3.84. The Bertz CT molecular complexity index is 1180. The fourth-order valence-electron chi connectivity index (χ4n) is 4.39. The fourth-order valence-corrected chi connectivity index (χ4v) is 4.39. The van der Waals surface area contributed by atoms with Gasteiger partial charge in [0, 0.05) is 44.7 Å². The molecule has 0 saturated carbocycles. The van der Waals surface area contributed by atoms with Crippen molar-refractivity contribution in [2.75, 3.05) is 36.4 Å². The minimum Gasteiger partial charge on any atom is -0.363 e. The third-order valence-electron chi connectivity index (χ3n) is 6.52. The van der Waals surface area contributed by atoms with Gasteiger partial charge in [-0.2, -0.15) is 18.2 Å². The van der Waals surface area contributed by atoms with Gasteiger partial charge in [0.05, 0.1) is 18.2 Å². The van der Waals surface area contributed by atoms with Gasteiger partial charge in [0.25, 0.3) is 5.91 Å². The Balaban J connectivity index is 1.69. The van der Waals surface area contributed by atoms with Crippen LogP contribution in [0.5, 0.6) is 0 Å². The van der Waals surface area contributed by atoms with E-state index in [1.807, 2.05) is 18.7 Å². The number of halogens is 4. The number of carbonyl (C=O) groups is 2. The van der Waals surface area contributed by atoms with Crippen LogP contribution in [0.15, 0.2) is 18.2 Å². The van der Waals surface area contributed by atoms with E-state index >= 15 is 0 Å². The first kappa shape index (κ1) is 25.6. The summed E-state index contributed by atoms with van der Waals surface area (Å²) >= 11 is 0. The van der Waals surface area contributed by atoms with Gasteiger partial charge in [0.1, 0.15) is 17.3 Å². The minimum atomic E-state index is -4.69. The molecule has 1 aromatic heterocycles. The average molecular weight is 509 g/mol. The third-order valence-corrected chi connectivity index (χ3v) is 6.52. The zero-order chi connectivity index (χ0) is 26.4. The van der Waals surface area contributed by atoms with E-state index in [-0.39, 0.29) is 35.7 Å². The molecule has 36 heavy (non-hydrogen) atoms. The highest BCUT2D eigenvalue weighted by Gasteiger charge is 2.36. The number of nitrogens with zero attached hydrogens (tertiary/aromatic N) is 5. The molecule has 0 aliphatic carbocycles. The van der Waals surface area contributed by atoms with E-state index in [1.54, 1.807) is 16.7 Å². The molecule has 2 amide bonds. The van der Waals surface area contributed by atoms with Crippen molar-refractivity contribution in [3.8, 4) is 0 Å². The summed E-state index contributed by atoms with van der Waals surface area (Å²) in [6, 6.07) is 1.55. The number of carbonyl (C=O) groups excluding carboxylic acids is 2. The number of nitrogens with one attached hydrogen (secondary N) is 1. The molecule has 3 heterocycles. The highest BCUT2D eigenvalue weighted by Crippen LogP contribution is 2.35. The first-order chi connectivity index (χ1) is 16.8. The Morgan fingerprint density at radius 2 is 1.72 bits per heavy atom. The minimum absolute atomic E-state index is 0.0308. The van der Waals surface area contributed by atoms with Crippen LogP contribution in [0.2, 0.25) is 0 Å². The van der Waals surface area contributed by atoms with Gasteiger partial charge in [0.15, 0.2) is 0 Å². The Morgan fingerprint density at radius 1 is 1.06 bits per heavy atom. The Morgan fingerprint density at radius 3 is 2.31 bits per heavy atom. The van der Waals surface area contributed by atoms with Crippen molar-refractivity contribution in [1.82, 2.24) is 19.8 Å². The molecular weight excluding hydrogens is 480 g/mol. The van der Waals surface area contributed by atoms with Gasteiger partial charge < -0.3 is 20.0 Å². The third kappa shape index (κ3) is 5.07. The van der Waals surface area contributed by atoms with Gasteiger partial charge in [0.2, 0.25) is 11.9 Å². The number of hydrogen-bond acceptors (Lipinski definition) is 6. The molecular formula is C24H28F4N6O2. The number of anilines is 2. The zero-order valence-corrected chi connectivity index (χ0v) is 20.5. The maximum Gasteiger partial charge on any atom is 0.416 e. The standard InChI is InChI=1S/C24H28F4N6O2/c1-13(2)34-12-19-20(22(34)36)30-23(33-7-5-32(6-8-33)15(4)35)31-21(19)29-14(3)16-9-17(24(26,27)28)11-18(25)10-16/h9-11,13-14H,5-8,12H2,1-4H3,(H,29,30,31). The van der Waals surface area contributed by atoms with Gasteiger partial charge in [-0.25, -0.2) is 9.37 Å². The molecule has 1 fully saturated rings. The highest BCUT2D eigenvalue weighted by molar-refractivity contribution is 5.98. The van der Waals surface area contributed by atoms with E-state index in [1.165, 1.54) is 6.92 Å². The first-order valence-electron chi connectivity index (χ1n) is 11.7. The molecule has 0 radical (unpaired) electrons. The lowest BCUT2D eigenvalue weighted by Crippen LogP contribution is -2.48. The highest BCUT2D eigenvalue weighted by atomic mass is 19.4. The number of amides is 2. The van der Waals surface area contributed by atoms with Crippen molar-refractivity contribution < 1.29 is 27.2 Å². The number of fused-ring (bicyclic) bond motifs is 1. The van der Waals surface area contributed by atoms with Crippen molar-refractivity contribution in [3.63, 3.8) is 0 Å². The number of piperazine rings is 1. The molecule has 194 valence electrons. The van der Waals surface area contributed by atoms with E-state index < -0.39 is 23.6 Å². The number of hydrogen-bond donors (Lipinski definition) is 1. The predicted molar refractivity (Wildman–Crippen MR) is 125 cm³/mol. The second-order valence-electron chi connectivity index (χ2n) is 9.36. The Hall–Kier alpha value is -3.44. The monoisotopic (exact) mass is 508 g/mol. The lowest BCUT2D eigenvalue weighted by atomic mass is 10.0. The van der Waals surface area contributed by atoms with E-state index in [2.05, 4.69) is 15.3 Å². The van der Waals surface area contributed by atoms with Crippen LogP contribution in [0.1, 0.15) is 60.9 Å². The van der Waals surface area contributed by atoms with Crippen LogP contribution < -0.4 is 10.2 Å². The number of benzene rings is 1. The maximum atomic E-state index is 14.0. The summed E-state index contributed by atoms with van der Waals surface area (Å²) in [5.74, 6) is -0.679. The molecule has 8 nitrogen and oxygen atoms in total. The van der Waals surface area contributed by atoms with Gasteiger partial charge in [-0.1, -0.05) is 0 Å². The lowest BCUT2D eigenvalue weighted by Gasteiger charge is -2.34. The van der Waals surface area contributed by atoms with Crippen molar-refractivity contribution >= 4 is 23.6 Å². The Labute approximate surface area is 206 Å². The molecule has 1 atom stereocenters. The van der Waals surface area contributed by atoms with Gasteiger partial charge in [-0.15, -0.1) is 0 Å². The normalized spacial score (nSPS) is 17.0. The second kappa shape index (κ2) is 9.55. The Kier molecular flexibility index (Phi) is 6.80. The van der Waals surface area contributed by atoms with E-state index in [0.717, 1.165) is 12.1 Å². The molecule has 1 aromatic carbocycles. The smallest absolute Gasteiger partial charge is 0.363 e. The first-order valence-corrected chi connectivity index (χ1v) is 11.7. The SMILES string of the molecule is CC(=O)N1CCN(c2nc(NC(C)c3cc(F)cc(C(F)(F)F)c3)c3c(n2)C(=O)N(C(C)C)C3)CC1. The number of aromatic nitrogens is 2. The largest absolute Gasteiger partial charge is 0.416 e. The quantitative estimate of drug-likeness (QED) is 0.619. The van der Waals surface area contributed by atoms with Crippen LogP contribution in [0.25, 0.3) is 0 Å². The number of alkyl halides is 3. The van der Waals surface area contributed by atoms with Crippen LogP contribution in [-0.4, -0.2) is 63.8 Å². The van der Waals surface area contributed by atoms with E-state index in [4.69, 9.17) is 0 Å². The lowest BCUT2D eigenvalue weighted by molar-refractivity contribution is -0.137. The summed E-state index contributed by atoms with van der Waals surface area (Å²) in [4.78, 5) is 39.1. The maximum absolute atomic E-state index is 14.0. The van der Waals surface area contributed by atoms with Gasteiger partial charge in [-0.3, -0.25) is 9.59 Å². The van der Waals surface area contributed by atoms with Crippen molar-refractivity contribution in [2.45, 2.75) is 52.5 Å². The molecule has 1 N–H and O–H groups in total. The summed E-state index contributed by atoms with van der Waals surface area (Å²) < 4.78 is 53.7. The zero-order valence-electron chi connectivity index (χ0n) is 20.5. The van der Waals surface area contributed by atoms with Crippen LogP contribution in [0.3, 0.4) is 0 Å². The molecule has 1 saturated heterocycles. The van der Waals surface area contributed by atoms with Crippen molar-refractivity contribution in [3.05, 3.63) is 46.4 Å². The van der Waals surface area contributed by atoms with E-state index in [0.29, 0.717) is 49.6 Å². The van der Waals surface area contributed by atoms with Crippen LogP contribution in [0.4, 0.5) is 29.3 Å². The molecule has 12 heteroatoms. The molecule has 0 spiro atoms. The molecule has 4 rings (SSSR count). The van der Waals surface area contributed by atoms with Crippen LogP contribution in [-0.2, 0) is 17.5 Å². The summed E-state index contributed by atoms with van der Waals surface area (Å²) in [6.07, 6.45) is -4.69. The molecule has 2 aliphatic heterocycles. The summed E-state index contributed by atoms with van der Waals surface area (Å²) in [7, 11) is 0. The molecule has 1 unspecified atom stereocenters. The van der Waals surface area contributed by atoms with Crippen LogP contribution in [0, 0.1) is 5.82 Å². The molecule has 2 aliphatic rings. The van der Waals surface area contributed by atoms with Gasteiger partial charge >= 0.3 is 6.18 Å². The number of rotatable bonds is 5. The second-order valence-corrected chi connectivity index (χ2v) is 9.36. The summed E-state index contributed by atoms with van der Waals surface area (Å²) in [6.45, 7) is 8.99.